The van der Waals surface area contributed by atoms with Gasteiger partial charge >= 0.3 is 0 Å². The Morgan fingerprint density at radius 1 is 1.36 bits per heavy atom. The molecule has 1 N–H and O–H groups in total. The van der Waals surface area contributed by atoms with Crippen molar-refractivity contribution in [3.63, 3.8) is 0 Å². The zero-order valence-electron chi connectivity index (χ0n) is 13.7. The Balaban J connectivity index is 1.47. The summed E-state index contributed by atoms with van der Waals surface area (Å²) in [5.41, 5.74) is 2.79. The molecule has 7 heteroatoms. The Kier molecular flexibility index (Phi) is 4.59. The molecule has 0 bridgehead atoms. The van der Waals surface area contributed by atoms with E-state index < -0.39 is 0 Å². The summed E-state index contributed by atoms with van der Waals surface area (Å²) in [5, 5.41) is 0.747. The van der Waals surface area contributed by atoms with Gasteiger partial charge in [0.15, 0.2) is 5.16 Å². The summed E-state index contributed by atoms with van der Waals surface area (Å²) in [5.74, 6) is 2.18. The highest BCUT2D eigenvalue weighted by molar-refractivity contribution is 8.00. The number of rotatable bonds is 4. The lowest BCUT2D eigenvalue weighted by Gasteiger charge is -2.28. The lowest BCUT2D eigenvalue weighted by molar-refractivity contribution is -0.116. The highest BCUT2D eigenvalue weighted by atomic mass is 32.2. The van der Waals surface area contributed by atoms with E-state index in [9.17, 15) is 4.79 Å². The summed E-state index contributed by atoms with van der Waals surface area (Å²) in [4.78, 5) is 23.5. The number of nitrogens with one attached hydrogen (secondary N) is 1. The number of carbonyl (C=O) groups excluding carboxylic acids is 1. The second kappa shape index (κ2) is 7.01. The van der Waals surface area contributed by atoms with Crippen LogP contribution >= 0.6 is 23.5 Å². The molecule has 0 spiro atoms. The second-order valence-corrected chi connectivity index (χ2v) is 7.68. The van der Waals surface area contributed by atoms with E-state index in [1.165, 1.54) is 16.7 Å². The Morgan fingerprint density at radius 2 is 2.24 bits per heavy atom. The Morgan fingerprint density at radius 3 is 3.12 bits per heavy atom. The van der Waals surface area contributed by atoms with Crippen molar-refractivity contribution in [3.8, 4) is 5.75 Å². The number of benzene rings is 2. The van der Waals surface area contributed by atoms with Crippen molar-refractivity contribution in [2.45, 2.75) is 10.1 Å². The van der Waals surface area contributed by atoms with E-state index in [1.54, 1.807) is 18.9 Å². The molecule has 0 atom stereocenters. The number of hydrogen-bond acceptors (Lipinski definition) is 5. The highest BCUT2D eigenvalue weighted by Crippen LogP contribution is 2.34. The number of methoxy groups -OCH3 is 1. The first-order valence-electron chi connectivity index (χ1n) is 7.93. The molecule has 0 unspecified atom stereocenters. The molecule has 128 valence electrons. The number of para-hydroxylation sites is 1. The lowest BCUT2D eigenvalue weighted by Crippen LogP contribution is -2.36. The topological polar surface area (TPSA) is 58.2 Å². The normalized spacial score (nSPS) is 13.7. The van der Waals surface area contributed by atoms with Gasteiger partial charge in [0.05, 0.1) is 29.6 Å². The Bertz CT molecular complexity index is 926. The first-order chi connectivity index (χ1) is 12.2. The summed E-state index contributed by atoms with van der Waals surface area (Å²) < 4.78 is 5.23. The van der Waals surface area contributed by atoms with Crippen LogP contribution in [0, 0.1) is 0 Å². The van der Waals surface area contributed by atoms with Gasteiger partial charge in [-0.3, -0.25) is 4.79 Å². The third-order valence-corrected chi connectivity index (χ3v) is 5.93. The minimum atomic E-state index is 0.107. The van der Waals surface area contributed by atoms with Crippen molar-refractivity contribution >= 4 is 46.2 Å². The van der Waals surface area contributed by atoms with Crippen LogP contribution in [0.4, 0.5) is 5.69 Å². The van der Waals surface area contributed by atoms with Gasteiger partial charge in [-0.15, -0.1) is 11.8 Å². The van der Waals surface area contributed by atoms with Gasteiger partial charge in [-0.05, 0) is 24.3 Å². The van der Waals surface area contributed by atoms with Crippen LogP contribution in [0.25, 0.3) is 11.0 Å². The van der Waals surface area contributed by atoms with Gasteiger partial charge in [0.25, 0.3) is 0 Å². The summed E-state index contributed by atoms with van der Waals surface area (Å²) in [7, 11) is 1.64. The summed E-state index contributed by atoms with van der Waals surface area (Å²) >= 11 is 3.23. The van der Waals surface area contributed by atoms with E-state index in [2.05, 4.69) is 16.0 Å². The molecular weight excluding hydrogens is 354 g/mol. The average molecular weight is 371 g/mol. The van der Waals surface area contributed by atoms with Crippen LogP contribution in [0.1, 0.15) is 0 Å². The van der Waals surface area contributed by atoms with Gasteiger partial charge < -0.3 is 14.6 Å². The van der Waals surface area contributed by atoms with Crippen molar-refractivity contribution in [2.24, 2.45) is 0 Å². The number of aromatic amines is 1. The van der Waals surface area contributed by atoms with Crippen LogP contribution in [0.15, 0.2) is 52.5 Å². The van der Waals surface area contributed by atoms with Crippen molar-refractivity contribution in [3.05, 3.63) is 42.5 Å². The number of aromatic nitrogens is 2. The van der Waals surface area contributed by atoms with Gasteiger partial charge in [-0.2, -0.15) is 0 Å². The molecule has 1 aromatic heterocycles. The fraction of sp³-hybridized carbons (Fsp3) is 0.222. The molecule has 2 heterocycles. The van der Waals surface area contributed by atoms with Gasteiger partial charge in [-0.25, -0.2) is 4.98 Å². The van der Waals surface area contributed by atoms with Gasteiger partial charge in [0.1, 0.15) is 5.75 Å². The highest BCUT2D eigenvalue weighted by Gasteiger charge is 2.22. The fourth-order valence-electron chi connectivity index (χ4n) is 2.80. The van der Waals surface area contributed by atoms with Crippen LogP contribution < -0.4 is 9.64 Å². The molecule has 0 aliphatic carbocycles. The number of hydrogen-bond donors (Lipinski definition) is 1. The zero-order chi connectivity index (χ0) is 17.2. The quantitative estimate of drug-likeness (QED) is 0.707. The summed E-state index contributed by atoms with van der Waals surface area (Å²) in [6, 6.07) is 13.8. The van der Waals surface area contributed by atoms with Crippen LogP contribution in [-0.2, 0) is 4.79 Å². The first kappa shape index (κ1) is 16.4. The maximum Gasteiger partial charge on any atom is 0.237 e. The molecule has 1 amide bonds. The Labute approximate surface area is 154 Å². The number of anilines is 1. The van der Waals surface area contributed by atoms with E-state index in [4.69, 9.17) is 4.74 Å². The smallest absolute Gasteiger partial charge is 0.237 e. The van der Waals surface area contributed by atoms with Crippen molar-refractivity contribution in [2.75, 3.05) is 30.1 Å². The van der Waals surface area contributed by atoms with E-state index in [1.807, 2.05) is 41.3 Å². The summed E-state index contributed by atoms with van der Waals surface area (Å²) in [6.07, 6.45) is 0. The lowest BCUT2D eigenvalue weighted by atomic mass is 10.3. The molecule has 2 aromatic carbocycles. The Hall–Kier alpha value is -2.12. The zero-order valence-corrected chi connectivity index (χ0v) is 15.3. The van der Waals surface area contributed by atoms with Gasteiger partial charge in [0, 0.05) is 23.3 Å². The third kappa shape index (κ3) is 3.34. The maximum atomic E-state index is 12.7. The molecule has 25 heavy (non-hydrogen) atoms. The number of H-pyrrole nitrogens is 1. The molecule has 1 aliphatic rings. The number of fused-ring (bicyclic) bond motifs is 2. The molecule has 5 nitrogen and oxygen atoms in total. The molecule has 0 saturated heterocycles. The SMILES string of the molecule is COc1ccc2nc(SCC(=O)N3CCSc4ccccc43)[nH]c2c1. The van der Waals surface area contributed by atoms with E-state index in [-0.39, 0.29) is 5.91 Å². The third-order valence-electron chi connectivity index (χ3n) is 4.03. The standard InChI is InChI=1S/C18H17N3O2S2/c1-23-12-6-7-13-14(10-12)20-18(19-13)25-11-17(22)21-8-9-24-16-5-3-2-4-15(16)21/h2-7,10H,8-9,11H2,1H3,(H,19,20). The number of carbonyl (C=O) groups is 1. The average Bonchev–Trinajstić information content (AvgIpc) is 3.07. The van der Waals surface area contributed by atoms with Crippen LogP contribution in [0.3, 0.4) is 0 Å². The first-order valence-corrected chi connectivity index (χ1v) is 9.90. The summed E-state index contributed by atoms with van der Waals surface area (Å²) in [6.45, 7) is 0.748. The monoisotopic (exact) mass is 371 g/mol. The van der Waals surface area contributed by atoms with Gasteiger partial charge in [-0.1, -0.05) is 23.9 Å². The van der Waals surface area contributed by atoms with Gasteiger partial charge in [0.2, 0.25) is 5.91 Å². The minimum absolute atomic E-state index is 0.107. The maximum absolute atomic E-state index is 12.7. The number of ether oxygens (including phenoxy) is 1. The molecule has 0 fully saturated rings. The van der Waals surface area contributed by atoms with Crippen molar-refractivity contribution in [1.29, 1.82) is 0 Å². The minimum Gasteiger partial charge on any atom is -0.497 e. The molecule has 0 radical (unpaired) electrons. The van der Waals surface area contributed by atoms with Crippen LogP contribution in [0.2, 0.25) is 0 Å². The number of nitrogens with zero attached hydrogens (tertiary/aromatic N) is 2. The second-order valence-electron chi connectivity index (χ2n) is 5.58. The molecule has 4 rings (SSSR count). The van der Waals surface area contributed by atoms with Crippen molar-refractivity contribution in [1.82, 2.24) is 9.97 Å². The van der Waals surface area contributed by atoms with E-state index in [0.29, 0.717) is 5.75 Å². The number of amides is 1. The van der Waals surface area contributed by atoms with E-state index >= 15 is 0 Å². The molecule has 3 aromatic rings. The molecule has 0 saturated carbocycles. The fourth-order valence-corrected chi connectivity index (χ4v) is 4.55. The van der Waals surface area contributed by atoms with Crippen molar-refractivity contribution < 1.29 is 9.53 Å². The number of imidazole rings is 1. The predicted molar refractivity (Wildman–Crippen MR) is 103 cm³/mol. The van der Waals surface area contributed by atoms with E-state index in [0.717, 1.165) is 39.9 Å². The molecular formula is C18H17N3O2S2. The van der Waals surface area contributed by atoms with Crippen LogP contribution in [0.5, 0.6) is 5.75 Å². The molecule has 1 aliphatic heterocycles. The number of thioether (sulfide) groups is 2. The largest absolute Gasteiger partial charge is 0.497 e. The van der Waals surface area contributed by atoms with Crippen LogP contribution in [-0.4, -0.2) is 41.0 Å². The predicted octanol–water partition coefficient (Wildman–Crippen LogP) is 3.80.